The lowest BCUT2D eigenvalue weighted by Crippen LogP contribution is -2.51. The Labute approximate surface area is 184 Å². The van der Waals surface area contributed by atoms with Gasteiger partial charge in [0.25, 0.3) is 5.91 Å². The molecule has 1 aromatic carbocycles. The molecule has 1 aliphatic carbocycles. The van der Waals surface area contributed by atoms with Crippen LogP contribution in [0.5, 0.6) is 0 Å². The van der Waals surface area contributed by atoms with E-state index >= 15 is 0 Å². The van der Waals surface area contributed by atoms with Crippen LogP contribution in [0, 0.1) is 19.8 Å². The van der Waals surface area contributed by atoms with Gasteiger partial charge in [0, 0.05) is 0 Å². The van der Waals surface area contributed by atoms with Crippen LogP contribution in [0.1, 0.15) is 43.7 Å². The van der Waals surface area contributed by atoms with Gasteiger partial charge in [-0.3, -0.25) is 15.0 Å². The summed E-state index contributed by atoms with van der Waals surface area (Å²) in [6.07, 6.45) is 2.91. The summed E-state index contributed by atoms with van der Waals surface area (Å²) in [6, 6.07) is 5.32. The molecule has 1 aromatic heterocycles. The molecule has 1 saturated heterocycles. The predicted octanol–water partition coefficient (Wildman–Crippen LogP) is 1.90. The monoisotopic (exact) mass is 443 g/mol. The highest BCUT2D eigenvalue weighted by Crippen LogP contribution is 2.35. The van der Waals surface area contributed by atoms with Crippen molar-refractivity contribution in [2.75, 3.05) is 5.75 Å². The Morgan fingerprint density at radius 1 is 1.29 bits per heavy atom. The van der Waals surface area contributed by atoms with Crippen molar-refractivity contribution in [3.05, 3.63) is 29.3 Å². The summed E-state index contributed by atoms with van der Waals surface area (Å²) in [6.45, 7) is 6.10. The second kappa shape index (κ2) is 8.29. The lowest BCUT2D eigenvalue weighted by Gasteiger charge is -2.33. The zero-order valence-electron chi connectivity index (χ0n) is 17.7. The average Bonchev–Trinajstić information content (AvgIpc) is 3.27. The number of carbonyl (C=O) groups excluding carboxylic acids is 3. The van der Waals surface area contributed by atoms with E-state index in [1.165, 1.54) is 0 Å². The van der Waals surface area contributed by atoms with Gasteiger partial charge in [-0.05, 0) is 67.5 Å². The van der Waals surface area contributed by atoms with E-state index in [-0.39, 0.29) is 11.7 Å². The number of tetrazole rings is 1. The molecule has 2 N–H and O–H groups in total. The summed E-state index contributed by atoms with van der Waals surface area (Å²) in [4.78, 5) is 37.7. The maximum absolute atomic E-state index is 12.9. The number of aryl methyl sites for hydroxylation is 2. The number of carbonyl (C=O) groups is 3. The molecule has 0 bridgehead atoms. The molecule has 1 aliphatic heterocycles. The van der Waals surface area contributed by atoms with E-state index in [0.717, 1.165) is 46.4 Å². The van der Waals surface area contributed by atoms with Crippen LogP contribution in [-0.2, 0) is 9.59 Å². The van der Waals surface area contributed by atoms with Crippen molar-refractivity contribution in [1.29, 1.82) is 0 Å². The van der Waals surface area contributed by atoms with E-state index in [9.17, 15) is 14.4 Å². The molecule has 10 nitrogen and oxygen atoms in total. The molecule has 31 heavy (non-hydrogen) atoms. The highest BCUT2D eigenvalue weighted by Gasteiger charge is 2.52. The Morgan fingerprint density at radius 2 is 2.03 bits per heavy atom. The third-order valence-corrected chi connectivity index (χ3v) is 6.80. The lowest BCUT2D eigenvalue weighted by molar-refractivity contribution is -0.139. The van der Waals surface area contributed by atoms with Crippen LogP contribution in [0.2, 0.25) is 0 Å². The second-order valence-corrected chi connectivity index (χ2v) is 9.26. The fourth-order valence-corrected chi connectivity index (χ4v) is 4.74. The summed E-state index contributed by atoms with van der Waals surface area (Å²) in [5.74, 6) is -0.391. The van der Waals surface area contributed by atoms with Crippen LogP contribution in [0.25, 0.3) is 5.69 Å². The Kier molecular flexibility index (Phi) is 5.69. The van der Waals surface area contributed by atoms with Crippen LogP contribution in [0.15, 0.2) is 23.4 Å². The molecular weight excluding hydrogens is 418 g/mol. The number of urea groups is 1. The molecule has 2 aromatic rings. The molecule has 1 saturated carbocycles. The molecule has 164 valence electrons. The van der Waals surface area contributed by atoms with E-state index in [0.29, 0.717) is 23.9 Å². The standard InChI is InChI=1S/C20H25N7O3S/c1-12-6-8-20(9-7-12)17(29)27(18(30)21-20)23-16(28)11-31-19-22-24-25-26(19)15-5-4-13(2)10-14(15)3/h4-5,10,12H,6-9,11H2,1-3H3,(H,21,30)(H,23,28). The normalized spacial score (nSPS) is 23.3. The van der Waals surface area contributed by atoms with Crippen molar-refractivity contribution in [1.82, 2.24) is 36.0 Å². The van der Waals surface area contributed by atoms with Gasteiger partial charge in [-0.1, -0.05) is 36.4 Å². The van der Waals surface area contributed by atoms with Gasteiger partial charge in [0.05, 0.1) is 11.4 Å². The molecule has 0 atom stereocenters. The number of nitrogens with zero attached hydrogens (tertiary/aromatic N) is 5. The third-order valence-electron chi connectivity index (χ3n) is 5.88. The average molecular weight is 444 g/mol. The molecule has 4 rings (SSSR count). The maximum atomic E-state index is 12.9. The van der Waals surface area contributed by atoms with Gasteiger partial charge >= 0.3 is 6.03 Å². The number of thioether (sulfide) groups is 1. The van der Waals surface area contributed by atoms with Crippen molar-refractivity contribution >= 4 is 29.6 Å². The van der Waals surface area contributed by atoms with Crippen molar-refractivity contribution in [3.8, 4) is 5.69 Å². The van der Waals surface area contributed by atoms with Crippen molar-refractivity contribution < 1.29 is 14.4 Å². The number of benzene rings is 1. The number of hydrogen-bond acceptors (Lipinski definition) is 7. The minimum atomic E-state index is -0.892. The van der Waals surface area contributed by atoms with Gasteiger partial charge in [0.1, 0.15) is 5.54 Å². The van der Waals surface area contributed by atoms with Gasteiger partial charge in [0.15, 0.2) is 0 Å². The minimum Gasteiger partial charge on any atom is -0.322 e. The first kappa shape index (κ1) is 21.3. The number of aromatic nitrogens is 4. The van der Waals surface area contributed by atoms with Gasteiger partial charge in [-0.15, -0.1) is 5.10 Å². The number of imide groups is 1. The fraction of sp³-hybridized carbons (Fsp3) is 0.500. The van der Waals surface area contributed by atoms with Gasteiger partial charge in [-0.25, -0.2) is 4.79 Å². The molecule has 11 heteroatoms. The summed E-state index contributed by atoms with van der Waals surface area (Å²) in [7, 11) is 0. The third kappa shape index (κ3) is 4.14. The van der Waals surface area contributed by atoms with Crippen LogP contribution in [0.3, 0.4) is 0 Å². The first-order chi connectivity index (χ1) is 14.8. The van der Waals surface area contributed by atoms with Crippen LogP contribution in [0.4, 0.5) is 4.79 Å². The number of rotatable bonds is 5. The predicted molar refractivity (Wildman–Crippen MR) is 113 cm³/mol. The Morgan fingerprint density at radius 3 is 2.74 bits per heavy atom. The van der Waals surface area contributed by atoms with Crippen LogP contribution < -0.4 is 10.7 Å². The summed E-state index contributed by atoms with van der Waals surface area (Å²) < 4.78 is 1.57. The fourth-order valence-electron chi connectivity index (χ4n) is 4.07. The van der Waals surface area contributed by atoms with E-state index in [4.69, 9.17) is 0 Å². The smallest absolute Gasteiger partial charge is 0.322 e. The Hall–Kier alpha value is -2.95. The molecule has 0 unspecified atom stereocenters. The number of hydrogen-bond donors (Lipinski definition) is 2. The SMILES string of the molecule is Cc1ccc(-n2nnnc2SCC(=O)NN2C(=O)NC3(CCC(C)CC3)C2=O)c(C)c1. The molecular formula is C20H25N7O3S. The van der Waals surface area contributed by atoms with Gasteiger partial charge in [-0.2, -0.15) is 9.69 Å². The Balaban J connectivity index is 1.39. The lowest BCUT2D eigenvalue weighted by atomic mass is 9.77. The molecule has 4 amide bonds. The quantitative estimate of drug-likeness (QED) is 0.535. The largest absolute Gasteiger partial charge is 0.344 e. The summed E-state index contributed by atoms with van der Waals surface area (Å²) in [5, 5.41) is 15.8. The topological polar surface area (TPSA) is 122 Å². The number of amides is 4. The van der Waals surface area contributed by atoms with E-state index in [2.05, 4.69) is 33.2 Å². The zero-order chi connectivity index (χ0) is 22.2. The summed E-state index contributed by atoms with van der Waals surface area (Å²) >= 11 is 1.13. The minimum absolute atomic E-state index is 0.0492. The molecule has 2 fully saturated rings. The molecule has 0 radical (unpaired) electrons. The van der Waals surface area contributed by atoms with Crippen molar-refractivity contribution in [2.45, 2.75) is 57.1 Å². The second-order valence-electron chi connectivity index (χ2n) is 8.32. The molecule has 1 spiro atoms. The van der Waals surface area contributed by atoms with Crippen LogP contribution >= 0.6 is 11.8 Å². The maximum Gasteiger partial charge on any atom is 0.344 e. The Bertz CT molecular complexity index is 1030. The van der Waals surface area contributed by atoms with Crippen molar-refractivity contribution in [2.24, 2.45) is 5.92 Å². The highest BCUT2D eigenvalue weighted by molar-refractivity contribution is 7.99. The van der Waals surface area contributed by atoms with Crippen LogP contribution in [-0.4, -0.2) is 54.4 Å². The highest BCUT2D eigenvalue weighted by atomic mass is 32.2. The van der Waals surface area contributed by atoms with Gasteiger partial charge < -0.3 is 5.32 Å². The van der Waals surface area contributed by atoms with E-state index in [1.54, 1.807) is 4.68 Å². The number of hydrazine groups is 1. The molecule has 2 heterocycles. The van der Waals surface area contributed by atoms with Gasteiger partial charge in [0.2, 0.25) is 11.1 Å². The van der Waals surface area contributed by atoms with E-state index in [1.807, 2.05) is 32.0 Å². The van der Waals surface area contributed by atoms with Crippen molar-refractivity contribution in [3.63, 3.8) is 0 Å². The zero-order valence-corrected chi connectivity index (χ0v) is 18.5. The summed E-state index contributed by atoms with van der Waals surface area (Å²) in [5.41, 5.74) is 4.50. The number of nitrogens with one attached hydrogen (secondary N) is 2. The van der Waals surface area contributed by atoms with E-state index < -0.39 is 17.5 Å². The first-order valence-corrected chi connectivity index (χ1v) is 11.2. The molecule has 2 aliphatic rings. The first-order valence-electron chi connectivity index (χ1n) is 10.2.